The predicted octanol–water partition coefficient (Wildman–Crippen LogP) is 2.02. The van der Waals surface area contributed by atoms with Gasteiger partial charge in [-0.2, -0.15) is 0 Å². The van der Waals surface area contributed by atoms with Crippen LogP contribution in [0.15, 0.2) is 24.3 Å². The second-order valence-electron chi connectivity index (χ2n) is 4.66. The van der Waals surface area contributed by atoms with Gasteiger partial charge in [-0.05, 0) is 32.7 Å². The van der Waals surface area contributed by atoms with E-state index in [0.717, 1.165) is 19.0 Å². The number of hydrogen-bond acceptors (Lipinski definition) is 5. The predicted molar refractivity (Wildman–Crippen MR) is 78.4 cm³/mol. The summed E-state index contributed by atoms with van der Waals surface area (Å²) < 4.78 is 5.56. The molecule has 1 N–H and O–H groups in total. The Balaban J connectivity index is 2.85. The number of nitro benzene ring substituents is 1. The monoisotopic (exact) mass is 294 g/mol. The summed E-state index contributed by atoms with van der Waals surface area (Å²) >= 11 is 0. The first-order valence-corrected chi connectivity index (χ1v) is 6.37. The molecule has 0 amide bonds. The molecule has 7 heteroatoms. The van der Waals surface area contributed by atoms with Crippen molar-refractivity contribution in [2.24, 2.45) is 0 Å². The van der Waals surface area contributed by atoms with E-state index < -0.39 is 10.9 Å². The molecule has 7 nitrogen and oxygen atoms in total. The summed E-state index contributed by atoms with van der Waals surface area (Å²) in [5.74, 6) is -0.697. The lowest BCUT2D eigenvalue weighted by molar-refractivity contribution is -0.384. The number of ether oxygens (including phenoxy) is 1. The largest absolute Gasteiger partial charge is 0.493 e. The van der Waals surface area contributed by atoms with Crippen LogP contribution in [-0.4, -0.2) is 48.1 Å². The van der Waals surface area contributed by atoms with Crippen LogP contribution in [0.25, 0.3) is 6.08 Å². The standard InChI is InChI=1S/C14H18N2O5/c1-15(2)8-3-9-21-13-6-5-12(16(19)20)10-11(13)4-7-14(17)18/h4-7,10H,3,8-9H2,1-2H3,(H,17,18)/b7-4+. The molecule has 1 aromatic rings. The molecule has 0 spiro atoms. The minimum Gasteiger partial charge on any atom is -0.493 e. The van der Waals surface area contributed by atoms with Crippen LogP contribution < -0.4 is 4.74 Å². The van der Waals surface area contributed by atoms with Crippen molar-refractivity contribution in [2.75, 3.05) is 27.2 Å². The Morgan fingerprint density at radius 3 is 2.76 bits per heavy atom. The van der Waals surface area contributed by atoms with Gasteiger partial charge in [-0.1, -0.05) is 0 Å². The van der Waals surface area contributed by atoms with E-state index in [9.17, 15) is 14.9 Å². The number of nitrogens with zero attached hydrogens (tertiary/aromatic N) is 2. The lowest BCUT2D eigenvalue weighted by Gasteiger charge is -2.12. The molecule has 0 fully saturated rings. The third-order valence-corrected chi connectivity index (χ3v) is 2.62. The Hall–Kier alpha value is -2.41. The van der Waals surface area contributed by atoms with E-state index in [-0.39, 0.29) is 5.69 Å². The van der Waals surface area contributed by atoms with Crippen LogP contribution in [-0.2, 0) is 4.79 Å². The first-order valence-electron chi connectivity index (χ1n) is 6.37. The van der Waals surface area contributed by atoms with E-state index in [1.807, 2.05) is 19.0 Å². The molecule has 114 valence electrons. The van der Waals surface area contributed by atoms with Crippen LogP contribution in [0.1, 0.15) is 12.0 Å². The Morgan fingerprint density at radius 1 is 1.48 bits per heavy atom. The number of non-ortho nitro benzene ring substituents is 1. The van der Waals surface area contributed by atoms with Crippen molar-refractivity contribution in [3.05, 3.63) is 40.0 Å². The average Bonchev–Trinajstić information content (AvgIpc) is 2.41. The van der Waals surface area contributed by atoms with Crippen molar-refractivity contribution < 1.29 is 19.6 Å². The number of rotatable bonds is 8. The molecule has 1 rings (SSSR count). The average molecular weight is 294 g/mol. The fraction of sp³-hybridized carbons (Fsp3) is 0.357. The van der Waals surface area contributed by atoms with E-state index in [1.54, 1.807) is 0 Å². The minimum atomic E-state index is -1.12. The zero-order valence-electron chi connectivity index (χ0n) is 12.0. The molecule has 0 atom stereocenters. The summed E-state index contributed by atoms with van der Waals surface area (Å²) in [6.45, 7) is 1.30. The quantitative estimate of drug-likeness (QED) is 0.341. The van der Waals surface area contributed by atoms with Gasteiger partial charge in [-0.25, -0.2) is 4.79 Å². The van der Waals surface area contributed by atoms with Crippen LogP contribution >= 0.6 is 0 Å². The van der Waals surface area contributed by atoms with Crippen LogP contribution in [0.4, 0.5) is 5.69 Å². The molecule has 0 aliphatic heterocycles. The molecule has 0 heterocycles. The topological polar surface area (TPSA) is 92.9 Å². The van der Waals surface area contributed by atoms with Gasteiger partial charge in [0, 0.05) is 30.3 Å². The molecule has 0 aliphatic carbocycles. The maximum atomic E-state index is 10.8. The number of aliphatic carboxylic acids is 1. The molecule has 0 saturated heterocycles. The van der Waals surface area contributed by atoms with Gasteiger partial charge in [0.15, 0.2) is 0 Å². The van der Waals surface area contributed by atoms with Crippen LogP contribution in [0.3, 0.4) is 0 Å². The number of benzene rings is 1. The van der Waals surface area contributed by atoms with E-state index in [1.165, 1.54) is 24.3 Å². The number of hydrogen-bond donors (Lipinski definition) is 1. The highest BCUT2D eigenvalue weighted by molar-refractivity contribution is 5.86. The van der Waals surface area contributed by atoms with Gasteiger partial charge < -0.3 is 14.7 Å². The Bertz CT molecular complexity index is 540. The highest BCUT2D eigenvalue weighted by Gasteiger charge is 2.10. The van der Waals surface area contributed by atoms with Gasteiger partial charge in [-0.15, -0.1) is 0 Å². The molecule has 0 aliphatic rings. The third kappa shape index (κ3) is 6.05. The molecular weight excluding hydrogens is 276 g/mol. The molecule has 0 radical (unpaired) electrons. The fourth-order valence-corrected chi connectivity index (χ4v) is 1.64. The Labute approximate surface area is 122 Å². The van der Waals surface area contributed by atoms with E-state index in [2.05, 4.69) is 0 Å². The molecule has 0 bridgehead atoms. The van der Waals surface area contributed by atoms with E-state index in [0.29, 0.717) is 17.9 Å². The van der Waals surface area contributed by atoms with Gasteiger partial charge in [0.1, 0.15) is 5.75 Å². The summed E-state index contributed by atoms with van der Waals surface area (Å²) in [4.78, 5) is 22.8. The first kappa shape index (κ1) is 16.6. The van der Waals surface area contributed by atoms with Crippen LogP contribution in [0.5, 0.6) is 5.75 Å². The maximum absolute atomic E-state index is 10.8. The molecule has 21 heavy (non-hydrogen) atoms. The highest BCUT2D eigenvalue weighted by Crippen LogP contribution is 2.25. The zero-order valence-corrected chi connectivity index (χ0v) is 12.0. The molecule has 0 aromatic heterocycles. The lowest BCUT2D eigenvalue weighted by atomic mass is 10.1. The normalized spacial score (nSPS) is 11.0. The molecule has 0 unspecified atom stereocenters. The molecule has 1 aromatic carbocycles. The van der Waals surface area contributed by atoms with Crippen molar-refractivity contribution in [3.8, 4) is 5.75 Å². The van der Waals surface area contributed by atoms with Crippen LogP contribution in [0.2, 0.25) is 0 Å². The van der Waals surface area contributed by atoms with Gasteiger partial charge in [0.2, 0.25) is 0 Å². The number of carbonyl (C=O) groups is 1. The van der Waals surface area contributed by atoms with Crippen molar-refractivity contribution >= 4 is 17.7 Å². The van der Waals surface area contributed by atoms with Gasteiger partial charge in [0.05, 0.1) is 11.5 Å². The number of nitro groups is 1. The van der Waals surface area contributed by atoms with E-state index >= 15 is 0 Å². The van der Waals surface area contributed by atoms with Crippen molar-refractivity contribution in [2.45, 2.75) is 6.42 Å². The third-order valence-electron chi connectivity index (χ3n) is 2.62. The number of carboxylic acid groups (broad SMARTS) is 1. The number of carboxylic acids is 1. The fourth-order valence-electron chi connectivity index (χ4n) is 1.64. The van der Waals surface area contributed by atoms with Crippen LogP contribution in [0, 0.1) is 10.1 Å². The zero-order chi connectivity index (χ0) is 15.8. The summed E-state index contributed by atoms with van der Waals surface area (Å²) in [7, 11) is 3.90. The summed E-state index contributed by atoms with van der Waals surface area (Å²) in [5, 5.41) is 19.4. The van der Waals surface area contributed by atoms with Crippen molar-refractivity contribution in [1.29, 1.82) is 0 Å². The second kappa shape index (κ2) is 8.01. The first-order chi connectivity index (χ1) is 9.90. The summed E-state index contributed by atoms with van der Waals surface area (Å²) in [6, 6.07) is 4.11. The summed E-state index contributed by atoms with van der Waals surface area (Å²) in [6.07, 6.45) is 3.01. The highest BCUT2D eigenvalue weighted by atomic mass is 16.6. The van der Waals surface area contributed by atoms with Gasteiger partial charge >= 0.3 is 5.97 Å². The summed E-state index contributed by atoms with van der Waals surface area (Å²) in [5.41, 5.74) is 0.261. The van der Waals surface area contributed by atoms with Gasteiger partial charge in [0.25, 0.3) is 5.69 Å². The Kier molecular flexibility index (Phi) is 6.35. The smallest absolute Gasteiger partial charge is 0.328 e. The SMILES string of the molecule is CN(C)CCCOc1ccc([N+](=O)[O-])cc1/C=C/C(=O)O. The lowest BCUT2D eigenvalue weighted by Crippen LogP contribution is -2.15. The molecular formula is C14H18N2O5. The second-order valence-corrected chi connectivity index (χ2v) is 4.66. The van der Waals surface area contributed by atoms with Crippen molar-refractivity contribution in [3.63, 3.8) is 0 Å². The molecule has 0 saturated carbocycles. The minimum absolute atomic E-state index is 0.110. The van der Waals surface area contributed by atoms with E-state index in [4.69, 9.17) is 9.84 Å². The maximum Gasteiger partial charge on any atom is 0.328 e. The Morgan fingerprint density at radius 2 is 2.19 bits per heavy atom. The van der Waals surface area contributed by atoms with Gasteiger partial charge in [-0.3, -0.25) is 10.1 Å². The van der Waals surface area contributed by atoms with Crippen molar-refractivity contribution in [1.82, 2.24) is 4.90 Å².